The zero-order valence-electron chi connectivity index (χ0n) is 9.41. The molecule has 0 radical (unpaired) electrons. The Kier molecular flexibility index (Phi) is 2.38. The minimum atomic E-state index is -0.236. The summed E-state index contributed by atoms with van der Waals surface area (Å²) in [5, 5.41) is 0.325. The maximum atomic E-state index is 12.2. The van der Waals surface area contributed by atoms with Gasteiger partial charge in [0.1, 0.15) is 5.15 Å². The van der Waals surface area contributed by atoms with Crippen LogP contribution in [0.3, 0.4) is 0 Å². The lowest BCUT2D eigenvalue weighted by Gasteiger charge is -1.99. The van der Waals surface area contributed by atoms with Crippen LogP contribution in [0, 0.1) is 0 Å². The first-order valence-electron chi connectivity index (χ1n) is 5.19. The summed E-state index contributed by atoms with van der Waals surface area (Å²) in [4.78, 5) is 24.4. The molecule has 0 aliphatic rings. The highest BCUT2D eigenvalue weighted by Crippen LogP contribution is 2.16. The third kappa shape index (κ3) is 1.50. The number of fused-ring (bicyclic) bond motifs is 1. The molecule has 0 atom stereocenters. The Morgan fingerprint density at radius 2 is 2.11 bits per heavy atom. The molecule has 3 rings (SSSR count). The molecule has 6 nitrogen and oxygen atoms in total. The van der Waals surface area contributed by atoms with Crippen molar-refractivity contribution in [2.45, 2.75) is 0 Å². The molecule has 0 spiro atoms. The molecule has 3 aromatic heterocycles. The van der Waals surface area contributed by atoms with Gasteiger partial charge in [-0.3, -0.25) is 9.55 Å². The molecule has 0 amide bonds. The van der Waals surface area contributed by atoms with E-state index in [0.29, 0.717) is 22.1 Å². The van der Waals surface area contributed by atoms with Gasteiger partial charge in [-0.05, 0) is 12.1 Å². The van der Waals surface area contributed by atoms with Crippen LogP contribution in [0.4, 0.5) is 0 Å². The Bertz CT molecular complexity index is 777. The fraction of sp³-hybridized carbons (Fsp3) is 0.0909. The van der Waals surface area contributed by atoms with Gasteiger partial charge in [0.2, 0.25) is 0 Å². The third-order valence-corrected chi connectivity index (χ3v) is 2.86. The summed E-state index contributed by atoms with van der Waals surface area (Å²) >= 11 is 5.87. The maximum Gasteiger partial charge on any atom is 0.335 e. The molecular weight excluding hydrogens is 254 g/mol. The molecule has 90 valence electrons. The number of pyridine rings is 1. The number of hydrogen-bond acceptors (Lipinski definition) is 4. The zero-order valence-corrected chi connectivity index (χ0v) is 10.2. The average molecular weight is 262 g/mol. The topological polar surface area (TPSA) is 65.6 Å². The van der Waals surface area contributed by atoms with Crippen molar-refractivity contribution in [1.29, 1.82) is 0 Å². The van der Waals surface area contributed by atoms with Gasteiger partial charge in [-0.15, -0.1) is 0 Å². The highest BCUT2D eigenvalue weighted by atomic mass is 35.5. The molecule has 0 bridgehead atoms. The van der Waals surface area contributed by atoms with E-state index in [1.165, 1.54) is 21.5 Å². The monoisotopic (exact) mass is 261 g/mol. The van der Waals surface area contributed by atoms with Crippen LogP contribution >= 0.6 is 11.6 Å². The predicted molar refractivity (Wildman–Crippen MR) is 66.9 cm³/mol. The molecule has 0 unspecified atom stereocenters. The first-order chi connectivity index (χ1) is 8.68. The van der Waals surface area contributed by atoms with E-state index in [9.17, 15) is 4.79 Å². The van der Waals surface area contributed by atoms with Crippen LogP contribution in [0.5, 0.6) is 0 Å². The molecule has 0 aliphatic heterocycles. The summed E-state index contributed by atoms with van der Waals surface area (Å²) in [5.41, 5.74) is 0.922. The first kappa shape index (κ1) is 10.9. The normalized spacial score (nSPS) is 11.0. The first-order valence-corrected chi connectivity index (χ1v) is 5.56. The molecule has 0 aliphatic carbocycles. The molecule has 0 N–H and O–H groups in total. The SMILES string of the molecule is Cn1c(=O)n(-c2cnccn2)c2nc(Cl)ccc21. The van der Waals surface area contributed by atoms with E-state index in [0.717, 1.165) is 0 Å². The standard InChI is InChI=1S/C11H8ClN5O/c1-16-7-2-3-8(12)15-10(7)17(11(16)18)9-6-13-4-5-14-9/h2-6H,1H3. The Hall–Kier alpha value is -2.21. The van der Waals surface area contributed by atoms with Gasteiger partial charge in [0.15, 0.2) is 11.5 Å². The third-order valence-electron chi connectivity index (χ3n) is 2.65. The van der Waals surface area contributed by atoms with Crippen LogP contribution in [0.1, 0.15) is 0 Å². The Labute approximate surface area is 107 Å². The molecule has 0 aromatic carbocycles. The van der Waals surface area contributed by atoms with Crippen molar-refractivity contribution in [2.75, 3.05) is 0 Å². The number of halogens is 1. The summed E-state index contributed by atoms with van der Waals surface area (Å²) in [5.74, 6) is 0.419. The number of hydrogen-bond donors (Lipinski definition) is 0. The van der Waals surface area contributed by atoms with Crippen LogP contribution in [0.15, 0.2) is 35.5 Å². The second-order valence-electron chi connectivity index (χ2n) is 3.72. The van der Waals surface area contributed by atoms with E-state index in [4.69, 9.17) is 11.6 Å². The molecule has 0 fully saturated rings. The fourth-order valence-electron chi connectivity index (χ4n) is 1.80. The maximum absolute atomic E-state index is 12.2. The van der Waals surface area contributed by atoms with Crippen molar-refractivity contribution < 1.29 is 0 Å². The van der Waals surface area contributed by atoms with Crippen molar-refractivity contribution in [1.82, 2.24) is 24.1 Å². The lowest BCUT2D eigenvalue weighted by atomic mass is 10.4. The van der Waals surface area contributed by atoms with Crippen LogP contribution in [-0.4, -0.2) is 24.1 Å². The van der Waals surface area contributed by atoms with Gasteiger partial charge in [-0.25, -0.2) is 19.3 Å². The highest BCUT2D eigenvalue weighted by molar-refractivity contribution is 6.29. The van der Waals surface area contributed by atoms with Crippen molar-refractivity contribution in [3.8, 4) is 5.82 Å². The van der Waals surface area contributed by atoms with E-state index in [1.54, 1.807) is 25.4 Å². The molecule has 3 aromatic rings. The minimum absolute atomic E-state index is 0.236. The van der Waals surface area contributed by atoms with Gasteiger partial charge in [-0.1, -0.05) is 11.6 Å². The van der Waals surface area contributed by atoms with Gasteiger partial charge < -0.3 is 0 Å². The number of imidazole rings is 1. The van der Waals surface area contributed by atoms with Crippen molar-refractivity contribution in [3.63, 3.8) is 0 Å². The summed E-state index contributed by atoms with van der Waals surface area (Å²) in [6.45, 7) is 0. The van der Waals surface area contributed by atoms with Crippen LogP contribution in [0.25, 0.3) is 17.0 Å². The van der Waals surface area contributed by atoms with Gasteiger partial charge in [-0.2, -0.15) is 0 Å². The summed E-state index contributed by atoms with van der Waals surface area (Å²) in [7, 11) is 1.67. The zero-order chi connectivity index (χ0) is 12.7. The smallest absolute Gasteiger partial charge is 0.293 e. The Morgan fingerprint density at radius 1 is 1.28 bits per heavy atom. The van der Waals surface area contributed by atoms with Gasteiger partial charge >= 0.3 is 5.69 Å². The van der Waals surface area contributed by atoms with E-state index in [2.05, 4.69) is 15.0 Å². The highest BCUT2D eigenvalue weighted by Gasteiger charge is 2.14. The Balaban J connectivity index is 2.46. The van der Waals surface area contributed by atoms with Crippen molar-refractivity contribution in [2.24, 2.45) is 7.05 Å². The molecule has 0 saturated carbocycles. The molecule has 18 heavy (non-hydrogen) atoms. The number of aromatic nitrogens is 5. The van der Waals surface area contributed by atoms with Crippen molar-refractivity contribution >= 4 is 22.8 Å². The molecule has 3 heterocycles. The minimum Gasteiger partial charge on any atom is -0.293 e. The van der Waals surface area contributed by atoms with Crippen LogP contribution in [-0.2, 0) is 7.05 Å². The lowest BCUT2D eigenvalue weighted by molar-refractivity contribution is 0.828. The van der Waals surface area contributed by atoms with Gasteiger partial charge in [0.25, 0.3) is 0 Å². The quantitative estimate of drug-likeness (QED) is 0.617. The van der Waals surface area contributed by atoms with Crippen LogP contribution < -0.4 is 5.69 Å². The summed E-state index contributed by atoms with van der Waals surface area (Å²) in [6, 6.07) is 3.39. The van der Waals surface area contributed by atoms with Crippen LogP contribution in [0.2, 0.25) is 5.15 Å². The largest absolute Gasteiger partial charge is 0.335 e. The Morgan fingerprint density at radius 3 is 2.83 bits per heavy atom. The van der Waals surface area contributed by atoms with E-state index in [-0.39, 0.29) is 5.69 Å². The van der Waals surface area contributed by atoms with Gasteiger partial charge in [0, 0.05) is 19.4 Å². The molecular formula is C11H8ClN5O. The number of aryl methyl sites for hydroxylation is 1. The lowest BCUT2D eigenvalue weighted by Crippen LogP contribution is -2.21. The predicted octanol–water partition coefficient (Wildman–Crippen LogP) is 1.17. The second kappa shape index (κ2) is 3.92. The van der Waals surface area contributed by atoms with E-state index < -0.39 is 0 Å². The van der Waals surface area contributed by atoms with E-state index >= 15 is 0 Å². The average Bonchev–Trinajstić information content (AvgIpc) is 2.63. The summed E-state index contributed by atoms with van der Waals surface area (Å²) < 4.78 is 2.88. The summed E-state index contributed by atoms with van der Waals surface area (Å²) in [6.07, 6.45) is 4.56. The second-order valence-corrected chi connectivity index (χ2v) is 4.10. The number of nitrogens with zero attached hydrogens (tertiary/aromatic N) is 5. The fourth-order valence-corrected chi connectivity index (χ4v) is 1.94. The van der Waals surface area contributed by atoms with Crippen molar-refractivity contribution in [3.05, 3.63) is 46.4 Å². The molecule has 7 heteroatoms. The van der Waals surface area contributed by atoms with Gasteiger partial charge in [0.05, 0.1) is 11.7 Å². The van der Waals surface area contributed by atoms with E-state index in [1.807, 2.05) is 0 Å². The number of rotatable bonds is 1. The molecule has 0 saturated heterocycles.